The third-order valence-corrected chi connectivity index (χ3v) is 2.71. The van der Waals surface area contributed by atoms with Crippen molar-refractivity contribution in [2.24, 2.45) is 0 Å². The average molecular weight is 243 g/mol. The number of hydrogen-bond acceptors (Lipinski definition) is 3. The van der Waals surface area contributed by atoms with Gasteiger partial charge in [-0.15, -0.1) is 0 Å². The van der Waals surface area contributed by atoms with Gasteiger partial charge in [0, 0.05) is 12.2 Å². The van der Waals surface area contributed by atoms with E-state index in [-0.39, 0.29) is 0 Å². The van der Waals surface area contributed by atoms with E-state index < -0.39 is 0 Å². The number of rotatable bonds is 6. The highest BCUT2D eigenvalue weighted by Crippen LogP contribution is 2.30. The number of anilines is 1. The van der Waals surface area contributed by atoms with Crippen LogP contribution in [0, 0.1) is 6.92 Å². The van der Waals surface area contributed by atoms with Crippen molar-refractivity contribution < 1.29 is 4.74 Å². The molecule has 3 nitrogen and oxygen atoms in total. The third-order valence-electron chi connectivity index (χ3n) is 2.42. The van der Waals surface area contributed by atoms with E-state index in [9.17, 15) is 0 Å². The Bertz CT molecular complexity index is 342. The molecule has 1 aromatic rings. The number of halogens is 1. The fraction of sp³-hybridized carbons (Fsp3) is 0.500. The van der Waals surface area contributed by atoms with Gasteiger partial charge in [-0.2, -0.15) is 0 Å². The molecule has 0 aliphatic carbocycles. The van der Waals surface area contributed by atoms with Crippen LogP contribution in [0.5, 0.6) is 5.75 Å². The molecule has 2 N–H and O–H groups in total. The Morgan fingerprint density at radius 1 is 1.31 bits per heavy atom. The zero-order valence-electron chi connectivity index (χ0n) is 10.1. The van der Waals surface area contributed by atoms with Crippen LogP contribution in [0.4, 0.5) is 5.69 Å². The van der Waals surface area contributed by atoms with E-state index in [0.717, 1.165) is 36.5 Å². The standard InChI is InChI=1S/C12H19ClN2O/c1-9-7-12(16-3)10(13)8-11(9)15-6-4-5-14-2/h7-8,14-15H,4-6H2,1-3H3. The Balaban J connectivity index is 2.63. The van der Waals surface area contributed by atoms with E-state index in [1.807, 2.05) is 26.1 Å². The zero-order valence-corrected chi connectivity index (χ0v) is 10.8. The Kier molecular flexibility index (Phi) is 5.43. The van der Waals surface area contributed by atoms with E-state index in [1.165, 1.54) is 0 Å². The van der Waals surface area contributed by atoms with Gasteiger partial charge in [-0.25, -0.2) is 0 Å². The molecule has 90 valence electrons. The van der Waals surface area contributed by atoms with Crippen LogP contribution in [0.15, 0.2) is 12.1 Å². The molecule has 0 radical (unpaired) electrons. The van der Waals surface area contributed by atoms with Gasteiger partial charge in [-0.3, -0.25) is 0 Å². The first-order chi connectivity index (χ1) is 7.69. The number of ether oxygens (including phenoxy) is 1. The SMILES string of the molecule is CNCCCNc1cc(Cl)c(OC)cc1C. The van der Waals surface area contributed by atoms with Crippen LogP contribution in [-0.2, 0) is 0 Å². The second-order valence-corrected chi connectivity index (χ2v) is 4.09. The molecule has 0 amide bonds. The van der Waals surface area contributed by atoms with Crippen molar-refractivity contribution >= 4 is 17.3 Å². The second kappa shape index (κ2) is 6.61. The highest BCUT2D eigenvalue weighted by atomic mass is 35.5. The minimum Gasteiger partial charge on any atom is -0.495 e. The molecule has 0 spiro atoms. The van der Waals surface area contributed by atoms with Crippen LogP contribution >= 0.6 is 11.6 Å². The van der Waals surface area contributed by atoms with E-state index in [1.54, 1.807) is 7.11 Å². The maximum Gasteiger partial charge on any atom is 0.137 e. The first-order valence-corrected chi connectivity index (χ1v) is 5.79. The lowest BCUT2D eigenvalue weighted by molar-refractivity contribution is 0.415. The Morgan fingerprint density at radius 2 is 2.06 bits per heavy atom. The highest BCUT2D eigenvalue weighted by Gasteiger charge is 2.05. The molecule has 0 aliphatic heterocycles. The van der Waals surface area contributed by atoms with Gasteiger partial charge in [0.1, 0.15) is 5.75 Å². The summed E-state index contributed by atoms with van der Waals surface area (Å²) in [4.78, 5) is 0. The quantitative estimate of drug-likeness (QED) is 0.753. The fourth-order valence-corrected chi connectivity index (χ4v) is 1.73. The first kappa shape index (κ1) is 13.1. The largest absolute Gasteiger partial charge is 0.495 e. The maximum absolute atomic E-state index is 6.06. The van der Waals surface area contributed by atoms with Crippen LogP contribution in [0.25, 0.3) is 0 Å². The van der Waals surface area contributed by atoms with Gasteiger partial charge in [0.05, 0.1) is 12.1 Å². The molecule has 16 heavy (non-hydrogen) atoms. The van der Waals surface area contributed by atoms with E-state index >= 15 is 0 Å². The minimum absolute atomic E-state index is 0.643. The van der Waals surface area contributed by atoms with Gasteiger partial charge >= 0.3 is 0 Å². The Hall–Kier alpha value is -0.930. The molecule has 0 bridgehead atoms. The molecule has 1 aromatic carbocycles. The van der Waals surface area contributed by atoms with Gasteiger partial charge in [0.2, 0.25) is 0 Å². The first-order valence-electron chi connectivity index (χ1n) is 5.41. The molecule has 0 saturated heterocycles. The number of nitrogens with one attached hydrogen (secondary N) is 2. The summed E-state index contributed by atoms with van der Waals surface area (Å²) in [6, 6.07) is 3.86. The summed E-state index contributed by atoms with van der Waals surface area (Å²) in [6.07, 6.45) is 1.08. The summed E-state index contributed by atoms with van der Waals surface area (Å²) in [7, 11) is 3.58. The van der Waals surface area contributed by atoms with E-state index in [0.29, 0.717) is 5.02 Å². The predicted octanol–water partition coefficient (Wildman–Crippen LogP) is 2.68. The topological polar surface area (TPSA) is 33.3 Å². The molecule has 0 unspecified atom stereocenters. The summed E-state index contributed by atoms with van der Waals surface area (Å²) >= 11 is 6.06. The number of benzene rings is 1. The summed E-state index contributed by atoms with van der Waals surface area (Å²) in [5, 5.41) is 7.11. The van der Waals surface area contributed by atoms with Crippen molar-refractivity contribution in [2.75, 3.05) is 32.6 Å². The van der Waals surface area contributed by atoms with E-state index in [4.69, 9.17) is 16.3 Å². The van der Waals surface area contributed by atoms with Crippen molar-refractivity contribution in [1.29, 1.82) is 0 Å². The van der Waals surface area contributed by atoms with Crippen LogP contribution in [-0.4, -0.2) is 27.2 Å². The van der Waals surface area contributed by atoms with Gasteiger partial charge in [-0.05, 0) is 44.6 Å². The molecular weight excluding hydrogens is 224 g/mol. The lowest BCUT2D eigenvalue weighted by Crippen LogP contribution is -2.13. The van der Waals surface area contributed by atoms with E-state index in [2.05, 4.69) is 10.6 Å². The Labute approximate surface area is 102 Å². The molecular formula is C12H19ClN2O. The monoisotopic (exact) mass is 242 g/mol. The summed E-state index contributed by atoms with van der Waals surface area (Å²) in [5.74, 6) is 0.722. The summed E-state index contributed by atoms with van der Waals surface area (Å²) in [5.41, 5.74) is 2.22. The number of hydrogen-bond donors (Lipinski definition) is 2. The van der Waals surface area contributed by atoms with Crippen molar-refractivity contribution in [1.82, 2.24) is 5.32 Å². The molecule has 0 aromatic heterocycles. The van der Waals surface area contributed by atoms with Gasteiger partial charge in [-0.1, -0.05) is 11.6 Å². The smallest absolute Gasteiger partial charge is 0.137 e. The van der Waals surface area contributed by atoms with Crippen LogP contribution < -0.4 is 15.4 Å². The lowest BCUT2D eigenvalue weighted by Gasteiger charge is -2.12. The molecule has 0 heterocycles. The maximum atomic E-state index is 6.06. The third kappa shape index (κ3) is 3.58. The van der Waals surface area contributed by atoms with Gasteiger partial charge < -0.3 is 15.4 Å². The van der Waals surface area contributed by atoms with Crippen molar-refractivity contribution in [3.8, 4) is 5.75 Å². The second-order valence-electron chi connectivity index (χ2n) is 3.69. The number of methoxy groups -OCH3 is 1. The summed E-state index contributed by atoms with van der Waals surface area (Å²) < 4.78 is 5.15. The van der Waals surface area contributed by atoms with Crippen molar-refractivity contribution in [3.05, 3.63) is 22.7 Å². The number of aryl methyl sites for hydroxylation is 1. The molecule has 0 aliphatic rings. The summed E-state index contributed by atoms with van der Waals surface area (Å²) in [6.45, 7) is 3.99. The molecule has 1 rings (SSSR count). The van der Waals surface area contributed by atoms with Gasteiger partial charge in [0.25, 0.3) is 0 Å². The molecule has 0 saturated carbocycles. The molecule has 0 atom stereocenters. The average Bonchev–Trinajstić information content (AvgIpc) is 2.28. The van der Waals surface area contributed by atoms with Crippen molar-refractivity contribution in [2.45, 2.75) is 13.3 Å². The zero-order chi connectivity index (χ0) is 12.0. The van der Waals surface area contributed by atoms with Crippen LogP contribution in [0.2, 0.25) is 5.02 Å². The molecule has 0 fully saturated rings. The van der Waals surface area contributed by atoms with Crippen LogP contribution in [0.3, 0.4) is 0 Å². The van der Waals surface area contributed by atoms with Gasteiger partial charge in [0.15, 0.2) is 0 Å². The van der Waals surface area contributed by atoms with Crippen LogP contribution in [0.1, 0.15) is 12.0 Å². The molecule has 4 heteroatoms. The fourth-order valence-electron chi connectivity index (χ4n) is 1.49. The normalized spacial score (nSPS) is 10.2. The lowest BCUT2D eigenvalue weighted by atomic mass is 10.2. The predicted molar refractivity (Wildman–Crippen MR) is 69.8 cm³/mol. The van der Waals surface area contributed by atoms with Crippen molar-refractivity contribution in [3.63, 3.8) is 0 Å². The Morgan fingerprint density at radius 3 is 2.69 bits per heavy atom. The minimum atomic E-state index is 0.643. The highest BCUT2D eigenvalue weighted by molar-refractivity contribution is 6.32.